The summed E-state index contributed by atoms with van der Waals surface area (Å²) in [4.78, 5) is 29.2. The first kappa shape index (κ1) is 19.1. The highest BCUT2D eigenvalue weighted by Crippen LogP contribution is 2.23. The molecule has 27 heavy (non-hydrogen) atoms. The van der Waals surface area contributed by atoms with Crippen molar-refractivity contribution in [2.45, 2.75) is 13.5 Å². The van der Waals surface area contributed by atoms with Gasteiger partial charge in [0.15, 0.2) is 4.80 Å². The van der Waals surface area contributed by atoms with Crippen LogP contribution in [-0.2, 0) is 16.1 Å². The van der Waals surface area contributed by atoms with Crippen molar-refractivity contribution < 1.29 is 19.1 Å². The third kappa shape index (κ3) is 4.20. The van der Waals surface area contributed by atoms with Crippen LogP contribution in [0.3, 0.4) is 0 Å². The number of methoxy groups -OCH3 is 1. The van der Waals surface area contributed by atoms with Crippen LogP contribution in [0.25, 0.3) is 10.2 Å². The molecule has 0 radical (unpaired) electrons. The number of esters is 1. The summed E-state index contributed by atoms with van der Waals surface area (Å²) in [7, 11) is 1.58. The minimum Gasteiger partial charge on any atom is -0.497 e. The molecule has 0 fully saturated rings. The number of amides is 1. The maximum absolute atomic E-state index is 12.6. The van der Waals surface area contributed by atoms with Crippen LogP contribution in [0.15, 0.2) is 47.5 Å². The van der Waals surface area contributed by atoms with E-state index in [9.17, 15) is 9.59 Å². The highest BCUT2D eigenvalue weighted by Gasteiger charge is 2.14. The number of rotatable bonds is 5. The van der Waals surface area contributed by atoms with E-state index in [1.54, 1.807) is 48.9 Å². The van der Waals surface area contributed by atoms with Crippen molar-refractivity contribution >= 4 is 45.0 Å². The Labute approximate surface area is 164 Å². The number of carbonyl (C=O) groups excluding carboxylic acids is 2. The van der Waals surface area contributed by atoms with E-state index in [0.717, 1.165) is 10.2 Å². The molecule has 1 heterocycles. The van der Waals surface area contributed by atoms with Crippen molar-refractivity contribution in [1.29, 1.82) is 0 Å². The van der Waals surface area contributed by atoms with Crippen LogP contribution < -0.4 is 9.54 Å². The van der Waals surface area contributed by atoms with Gasteiger partial charge in [-0.25, -0.2) is 0 Å². The number of thiazole rings is 1. The second-order valence-corrected chi connectivity index (χ2v) is 6.92. The summed E-state index contributed by atoms with van der Waals surface area (Å²) in [5.74, 6) is -0.201. The van der Waals surface area contributed by atoms with E-state index in [0.29, 0.717) is 21.1 Å². The molecule has 2 aromatic carbocycles. The molecule has 0 unspecified atom stereocenters. The van der Waals surface area contributed by atoms with E-state index in [-0.39, 0.29) is 13.2 Å². The molecule has 140 valence electrons. The van der Waals surface area contributed by atoms with Crippen LogP contribution in [0.1, 0.15) is 17.3 Å². The van der Waals surface area contributed by atoms with Crippen LogP contribution in [-0.4, -0.2) is 30.2 Å². The molecule has 3 aromatic rings. The number of benzene rings is 2. The molecule has 0 aliphatic heterocycles. The molecule has 0 saturated carbocycles. The smallest absolute Gasteiger partial charge is 0.326 e. The molecular weight excluding hydrogens is 388 g/mol. The molecule has 0 aliphatic rings. The molecule has 0 bridgehead atoms. The first-order chi connectivity index (χ1) is 13.0. The molecule has 0 N–H and O–H groups in total. The van der Waals surface area contributed by atoms with Crippen LogP contribution in [0.5, 0.6) is 5.75 Å². The fourth-order valence-corrected chi connectivity index (χ4v) is 3.81. The van der Waals surface area contributed by atoms with Gasteiger partial charge < -0.3 is 14.0 Å². The van der Waals surface area contributed by atoms with Crippen molar-refractivity contribution in [1.82, 2.24) is 4.57 Å². The predicted octanol–water partition coefficient (Wildman–Crippen LogP) is 3.67. The van der Waals surface area contributed by atoms with Gasteiger partial charge in [-0.05, 0) is 37.3 Å². The van der Waals surface area contributed by atoms with Gasteiger partial charge in [0.25, 0.3) is 5.91 Å². The minimum atomic E-state index is -0.475. The maximum atomic E-state index is 12.6. The Morgan fingerprint density at radius 3 is 2.70 bits per heavy atom. The third-order valence-electron chi connectivity index (χ3n) is 3.78. The predicted molar refractivity (Wildman–Crippen MR) is 104 cm³/mol. The van der Waals surface area contributed by atoms with Gasteiger partial charge in [0, 0.05) is 0 Å². The lowest BCUT2D eigenvalue weighted by Gasteiger charge is -2.06. The normalized spacial score (nSPS) is 11.6. The molecule has 0 aliphatic carbocycles. The quantitative estimate of drug-likeness (QED) is 0.608. The van der Waals surface area contributed by atoms with Crippen molar-refractivity contribution in [3.05, 3.63) is 57.9 Å². The lowest BCUT2D eigenvalue weighted by Crippen LogP contribution is -2.23. The zero-order valence-electron chi connectivity index (χ0n) is 14.8. The first-order valence-electron chi connectivity index (χ1n) is 8.20. The van der Waals surface area contributed by atoms with Gasteiger partial charge in [-0.15, -0.1) is 0 Å². The lowest BCUT2D eigenvalue weighted by molar-refractivity contribution is -0.143. The number of hydrogen-bond acceptors (Lipinski definition) is 5. The Bertz CT molecular complexity index is 1070. The summed E-state index contributed by atoms with van der Waals surface area (Å²) >= 11 is 7.38. The lowest BCUT2D eigenvalue weighted by atomic mass is 10.2. The van der Waals surface area contributed by atoms with Gasteiger partial charge in [-0.2, -0.15) is 4.99 Å². The van der Waals surface area contributed by atoms with Crippen molar-refractivity contribution in [3.8, 4) is 5.75 Å². The molecule has 8 heteroatoms. The highest BCUT2D eigenvalue weighted by atomic mass is 35.5. The summed E-state index contributed by atoms with van der Waals surface area (Å²) in [6, 6.07) is 12.1. The van der Waals surface area contributed by atoms with E-state index < -0.39 is 11.9 Å². The summed E-state index contributed by atoms with van der Waals surface area (Å²) in [5, 5.41) is 0.325. The summed E-state index contributed by atoms with van der Waals surface area (Å²) in [5.41, 5.74) is 1.07. The minimum absolute atomic E-state index is 0.0468. The van der Waals surface area contributed by atoms with Gasteiger partial charge in [-0.1, -0.05) is 35.1 Å². The third-order valence-corrected chi connectivity index (χ3v) is 5.15. The summed E-state index contributed by atoms with van der Waals surface area (Å²) in [6.07, 6.45) is 0. The number of ether oxygens (including phenoxy) is 2. The Morgan fingerprint density at radius 1 is 1.22 bits per heavy atom. The Morgan fingerprint density at radius 2 is 2.00 bits per heavy atom. The monoisotopic (exact) mass is 404 g/mol. The van der Waals surface area contributed by atoms with E-state index in [4.69, 9.17) is 21.1 Å². The van der Waals surface area contributed by atoms with E-state index >= 15 is 0 Å². The number of halogens is 1. The Hall–Kier alpha value is -2.64. The van der Waals surface area contributed by atoms with Crippen molar-refractivity contribution in [3.63, 3.8) is 0 Å². The Balaban J connectivity index is 2.13. The number of fused-ring (bicyclic) bond motifs is 1. The molecular formula is C19H17ClN2O4S. The molecule has 3 rings (SSSR count). The van der Waals surface area contributed by atoms with Crippen molar-refractivity contribution in [2.24, 2.45) is 4.99 Å². The molecule has 6 nitrogen and oxygen atoms in total. The van der Waals surface area contributed by atoms with Gasteiger partial charge >= 0.3 is 5.97 Å². The first-order valence-corrected chi connectivity index (χ1v) is 9.39. The molecule has 0 saturated heterocycles. The maximum Gasteiger partial charge on any atom is 0.326 e. The van der Waals surface area contributed by atoms with Crippen LogP contribution in [0.2, 0.25) is 5.02 Å². The largest absolute Gasteiger partial charge is 0.497 e. The van der Waals surface area contributed by atoms with E-state index in [2.05, 4.69) is 4.99 Å². The topological polar surface area (TPSA) is 69.9 Å². The summed E-state index contributed by atoms with van der Waals surface area (Å²) < 4.78 is 12.8. The Kier molecular flexibility index (Phi) is 5.93. The highest BCUT2D eigenvalue weighted by molar-refractivity contribution is 7.16. The van der Waals surface area contributed by atoms with Crippen molar-refractivity contribution in [2.75, 3.05) is 13.7 Å². The molecule has 0 spiro atoms. The fraction of sp³-hybridized carbons (Fsp3) is 0.211. The summed E-state index contributed by atoms with van der Waals surface area (Å²) in [6.45, 7) is 1.97. The van der Waals surface area contributed by atoms with E-state index in [1.165, 1.54) is 11.3 Å². The van der Waals surface area contributed by atoms with Crippen LogP contribution in [0, 0.1) is 0 Å². The SMILES string of the molecule is CCOC(=O)Cn1c(=NC(=O)c2ccccc2Cl)sc2cc(OC)ccc21. The van der Waals surface area contributed by atoms with Gasteiger partial charge in [0.2, 0.25) is 0 Å². The number of hydrogen-bond donors (Lipinski definition) is 0. The van der Waals surface area contributed by atoms with Crippen LogP contribution in [0.4, 0.5) is 0 Å². The van der Waals surface area contributed by atoms with E-state index in [1.807, 2.05) is 12.1 Å². The number of carbonyl (C=O) groups is 2. The number of nitrogens with zero attached hydrogens (tertiary/aromatic N) is 2. The standard InChI is InChI=1S/C19H17ClN2O4S/c1-3-26-17(23)11-22-15-9-8-12(25-2)10-16(15)27-19(22)21-18(24)13-6-4-5-7-14(13)20/h4-10H,3,11H2,1-2H3. The zero-order valence-corrected chi connectivity index (χ0v) is 16.3. The average molecular weight is 405 g/mol. The number of aromatic nitrogens is 1. The molecule has 1 amide bonds. The van der Waals surface area contributed by atoms with Crippen LogP contribution >= 0.6 is 22.9 Å². The second kappa shape index (κ2) is 8.37. The average Bonchev–Trinajstić information content (AvgIpc) is 2.98. The van der Waals surface area contributed by atoms with Gasteiger partial charge in [0.1, 0.15) is 12.3 Å². The second-order valence-electron chi connectivity index (χ2n) is 5.51. The fourth-order valence-electron chi connectivity index (χ4n) is 2.54. The molecule has 1 aromatic heterocycles. The zero-order chi connectivity index (χ0) is 19.4. The van der Waals surface area contributed by atoms with Gasteiger partial charge in [0.05, 0.1) is 34.5 Å². The molecule has 0 atom stereocenters. The van der Waals surface area contributed by atoms with Gasteiger partial charge in [-0.3, -0.25) is 9.59 Å².